The minimum Gasteiger partial charge on any atom is -0.481 e. The Kier molecular flexibility index (Phi) is 25.3. The molecule has 0 bridgehead atoms. The first-order valence-electron chi connectivity index (χ1n) is 16.0. The molecule has 0 saturated carbocycles. The van der Waals surface area contributed by atoms with Gasteiger partial charge in [0.15, 0.2) is 0 Å². The number of carbonyl (C=O) groups excluding carboxylic acids is 1. The number of rotatable bonds is 30. The Labute approximate surface area is 254 Å². The highest BCUT2D eigenvalue weighted by Crippen LogP contribution is 2.22. The first kappa shape index (κ1) is 40.7. The minimum atomic E-state index is -4.46. The van der Waals surface area contributed by atoms with Crippen LogP contribution in [0.5, 0.6) is 0 Å². The summed E-state index contributed by atoms with van der Waals surface area (Å²) in [5.74, 6) is -1.36. The first-order chi connectivity index (χ1) is 20.1. The number of aliphatic hydroxyl groups excluding tert-OH is 2. The SMILES string of the molecule is CCCCCCCCCCCC(=O)OC(CCC(CCCCC(=O)O)OCCN(CCO)CCO)C(CC)S(=O)(=O)O. The number of carbonyl (C=O) groups is 2. The maximum atomic E-state index is 12.7. The summed E-state index contributed by atoms with van der Waals surface area (Å²) >= 11 is 0. The largest absolute Gasteiger partial charge is 0.481 e. The summed E-state index contributed by atoms with van der Waals surface area (Å²) in [6.45, 7) is 5.23. The van der Waals surface area contributed by atoms with Crippen LogP contribution < -0.4 is 0 Å². The molecule has 0 amide bonds. The van der Waals surface area contributed by atoms with Gasteiger partial charge in [-0.15, -0.1) is 0 Å². The Hall–Kier alpha value is -1.31. The van der Waals surface area contributed by atoms with Gasteiger partial charge in [-0.1, -0.05) is 71.6 Å². The Morgan fingerprint density at radius 1 is 0.762 bits per heavy atom. The molecule has 0 saturated heterocycles. The van der Waals surface area contributed by atoms with E-state index in [0.717, 1.165) is 19.3 Å². The number of hydrogen-bond acceptors (Lipinski definition) is 9. The van der Waals surface area contributed by atoms with Crippen molar-refractivity contribution < 1.29 is 47.4 Å². The second kappa shape index (κ2) is 26.1. The molecule has 0 aromatic carbocycles. The second-order valence-electron chi connectivity index (χ2n) is 11.1. The van der Waals surface area contributed by atoms with Gasteiger partial charge in [-0.05, 0) is 38.5 Å². The molecule has 0 aliphatic carbocycles. The number of carboxylic acids is 1. The first-order valence-corrected chi connectivity index (χ1v) is 17.5. The number of hydrogen-bond donors (Lipinski definition) is 4. The number of carboxylic acid groups (broad SMARTS) is 1. The number of esters is 1. The molecule has 250 valence electrons. The van der Waals surface area contributed by atoms with Gasteiger partial charge in [-0.3, -0.25) is 19.0 Å². The molecule has 0 spiro atoms. The normalized spacial score (nSPS) is 14.1. The molecule has 0 aliphatic rings. The van der Waals surface area contributed by atoms with Crippen LogP contribution in [0.2, 0.25) is 0 Å². The fraction of sp³-hybridized carbons (Fsp3) is 0.933. The highest BCUT2D eigenvalue weighted by atomic mass is 32.2. The van der Waals surface area contributed by atoms with Crippen molar-refractivity contribution in [2.24, 2.45) is 0 Å². The summed E-state index contributed by atoms with van der Waals surface area (Å²) < 4.78 is 45.8. The molecule has 3 unspecified atom stereocenters. The maximum Gasteiger partial charge on any atom is 0.306 e. The van der Waals surface area contributed by atoms with E-state index in [0.29, 0.717) is 58.3 Å². The minimum absolute atomic E-state index is 0.0350. The third kappa shape index (κ3) is 22.3. The van der Waals surface area contributed by atoms with Crippen molar-refractivity contribution in [3.63, 3.8) is 0 Å². The fourth-order valence-electron chi connectivity index (χ4n) is 5.07. The summed E-state index contributed by atoms with van der Waals surface area (Å²) in [7, 11) is -4.46. The smallest absolute Gasteiger partial charge is 0.306 e. The van der Waals surface area contributed by atoms with Gasteiger partial charge < -0.3 is 24.8 Å². The van der Waals surface area contributed by atoms with E-state index in [1.54, 1.807) is 6.92 Å². The monoisotopic (exact) mass is 625 g/mol. The van der Waals surface area contributed by atoms with E-state index in [9.17, 15) is 32.8 Å². The van der Waals surface area contributed by atoms with Crippen LogP contribution >= 0.6 is 0 Å². The summed E-state index contributed by atoms with van der Waals surface area (Å²) in [6, 6.07) is 0. The third-order valence-corrected chi connectivity index (χ3v) is 8.90. The zero-order valence-corrected chi connectivity index (χ0v) is 26.9. The Morgan fingerprint density at radius 3 is 1.86 bits per heavy atom. The molecule has 11 nitrogen and oxygen atoms in total. The van der Waals surface area contributed by atoms with Gasteiger partial charge in [-0.25, -0.2) is 0 Å². The lowest BCUT2D eigenvalue weighted by molar-refractivity contribution is -0.150. The van der Waals surface area contributed by atoms with E-state index in [2.05, 4.69) is 6.92 Å². The third-order valence-electron chi connectivity index (χ3n) is 7.50. The van der Waals surface area contributed by atoms with Crippen LogP contribution in [0.15, 0.2) is 0 Å². The molecular formula is C30H59NO10S. The predicted molar refractivity (Wildman–Crippen MR) is 163 cm³/mol. The van der Waals surface area contributed by atoms with Crippen molar-refractivity contribution >= 4 is 22.1 Å². The zero-order chi connectivity index (χ0) is 31.6. The van der Waals surface area contributed by atoms with Gasteiger partial charge in [0.2, 0.25) is 0 Å². The molecule has 42 heavy (non-hydrogen) atoms. The number of ether oxygens (including phenoxy) is 2. The molecule has 3 atom stereocenters. The van der Waals surface area contributed by atoms with Gasteiger partial charge in [-0.2, -0.15) is 8.42 Å². The van der Waals surface area contributed by atoms with Crippen LogP contribution in [0.25, 0.3) is 0 Å². The lowest BCUT2D eigenvalue weighted by atomic mass is 10.0. The topological polar surface area (TPSA) is 171 Å². The van der Waals surface area contributed by atoms with Crippen molar-refractivity contribution in [3.8, 4) is 0 Å². The van der Waals surface area contributed by atoms with Crippen molar-refractivity contribution in [1.82, 2.24) is 4.90 Å². The average molecular weight is 626 g/mol. The van der Waals surface area contributed by atoms with E-state index in [4.69, 9.17) is 14.6 Å². The highest BCUT2D eigenvalue weighted by molar-refractivity contribution is 7.86. The molecule has 12 heteroatoms. The summed E-state index contributed by atoms with van der Waals surface area (Å²) in [4.78, 5) is 25.4. The number of nitrogens with zero attached hydrogens (tertiary/aromatic N) is 1. The Balaban J connectivity index is 5.09. The van der Waals surface area contributed by atoms with Crippen LogP contribution in [0, 0.1) is 0 Å². The van der Waals surface area contributed by atoms with E-state index >= 15 is 0 Å². The molecule has 0 rings (SSSR count). The molecule has 0 fully saturated rings. The van der Waals surface area contributed by atoms with Gasteiger partial charge in [0.05, 0.1) is 25.9 Å². The van der Waals surface area contributed by atoms with Gasteiger partial charge in [0.25, 0.3) is 10.1 Å². The van der Waals surface area contributed by atoms with Crippen molar-refractivity contribution in [2.45, 2.75) is 140 Å². The van der Waals surface area contributed by atoms with Crippen molar-refractivity contribution in [2.75, 3.05) is 39.5 Å². The van der Waals surface area contributed by atoms with Crippen LogP contribution in [0.1, 0.15) is 123 Å². The number of aliphatic hydroxyl groups is 2. The summed E-state index contributed by atoms with van der Waals surface area (Å²) in [6.07, 6.45) is 11.0. The fourth-order valence-corrected chi connectivity index (χ4v) is 6.07. The molecule has 0 radical (unpaired) electrons. The summed E-state index contributed by atoms with van der Waals surface area (Å²) in [5.41, 5.74) is 0. The van der Waals surface area contributed by atoms with Crippen LogP contribution in [-0.4, -0.2) is 102 Å². The van der Waals surface area contributed by atoms with E-state index in [1.807, 2.05) is 4.90 Å². The van der Waals surface area contributed by atoms with Crippen LogP contribution in [0.4, 0.5) is 0 Å². The lowest BCUT2D eigenvalue weighted by Gasteiger charge is -2.27. The van der Waals surface area contributed by atoms with Crippen molar-refractivity contribution in [1.29, 1.82) is 0 Å². The second-order valence-corrected chi connectivity index (χ2v) is 12.7. The number of unbranched alkanes of at least 4 members (excludes halogenated alkanes) is 9. The quantitative estimate of drug-likeness (QED) is 0.0500. The Bertz CT molecular complexity index is 774. The van der Waals surface area contributed by atoms with Gasteiger partial charge >= 0.3 is 11.9 Å². The predicted octanol–water partition coefficient (Wildman–Crippen LogP) is 4.58. The average Bonchev–Trinajstić information content (AvgIpc) is 2.92. The van der Waals surface area contributed by atoms with E-state index < -0.39 is 33.4 Å². The van der Waals surface area contributed by atoms with E-state index in [1.165, 1.54) is 32.1 Å². The molecule has 4 N–H and O–H groups in total. The Morgan fingerprint density at radius 2 is 1.33 bits per heavy atom. The molecule has 0 aromatic heterocycles. The highest BCUT2D eigenvalue weighted by Gasteiger charge is 2.34. The molecule has 0 aromatic rings. The van der Waals surface area contributed by atoms with Crippen molar-refractivity contribution in [3.05, 3.63) is 0 Å². The molecule has 0 heterocycles. The zero-order valence-electron chi connectivity index (χ0n) is 26.1. The van der Waals surface area contributed by atoms with Gasteiger partial charge in [0.1, 0.15) is 11.4 Å². The van der Waals surface area contributed by atoms with Crippen LogP contribution in [-0.2, 0) is 29.2 Å². The standard InChI is InChI=1S/C30H59NO10S/c1-3-5-6-7-8-9-10-11-12-17-30(36)41-27(28(4-2)42(37,38)39)19-18-26(15-13-14-16-29(34)35)40-25-22-31(20-23-32)21-24-33/h26-28,32-33H,3-25H2,1-2H3,(H,34,35)(H,37,38,39). The van der Waals surface area contributed by atoms with Crippen LogP contribution in [0.3, 0.4) is 0 Å². The summed E-state index contributed by atoms with van der Waals surface area (Å²) in [5, 5.41) is 26.1. The molecular weight excluding hydrogens is 566 g/mol. The lowest BCUT2D eigenvalue weighted by Crippen LogP contribution is -2.38. The number of aliphatic carboxylic acids is 1. The maximum absolute atomic E-state index is 12.7. The molecule has 0 aliphatic heterocycles. The van der Waals surface area contributed by atoms with E-state index in [-0.39, 0.29) is 45.0 Å². The van der Waals surface area contributed by atoms with Gasteiger partial charge in [0, 0.05) is 32.5 Å².